The molecule has 1 fully saturated rings. The molecular formula is C16H18N2O5S. The first-order valence-corrected chi connectivity index (χ1v) is 9.20. The van der Waals surface area contributed by atoms with Crippen LogP contribution in [0.2, 0.25) is 0 Å². The molecule has 1 aromatic carbocycles. The van der Waals surface area contributed by atoms with Gasteiger partial charge in [-0.1, -0.05) is 0 Å². The number of sulfonamides is 1. The number of hydrogen-bond acceptors (Lipinski definition) is 5. The molecule has 7 nitrogen and oxygen atoms in total. The van der Waals surface area contributed by atoms with Gasteiger partial charge >= 0.3 is 5.63 Å². The van der Waals surface area contributed by atoms with Gasteiger partial charge in [-0.3, -0.25) is 4.79 Å². The summed E-state index contributed by atoms with van der Waals surface area (Å²) in [7, 11) is -3.85. The van der Waals surface area contributed by atoms with E-state index in [4.69, 9.17) is 4.42 Å². The van der Waals surface area contributed by atoms with Gasteiger partial charge < -0.3 is 9.32 Å². The Labute approximate surface area is 139 Å². The van der Waals surface area contributed by atoms with Crippen molar-refractivity contribution < 1.29 is 17.6 Å². The van der Waals surface area contributed by atoms with Crippen LogP contribution in [0.3, 0.4) is 0 Å². The first-order chi connectivity index (χ1) is 11.4. The van der Waals surface area contributed by atoms with Gasteiger partial charge in [0.05, 0.1) is 10.9 Å². The van der Waals surface area contributed by atoms with Gasteiger partial charge in [-0.2, -0.15) is 4.72 Å². The number of amides is 1. The minimum Gasteiger partial charge on any atom is -0.423 e. The number of fused-ring (bicyclic) bond motifs is 1. The van der Waals surface area contributed by atoms with Crippen LogP contribution < -0.4 is 10.3 Å². The zero-order valence-electron chi connectivity index (χ0n) is 13.2. The Morgan fingerprint density at radius 2 is 1.92 bits per heavy atom. The second-order valence-corrected chi connectivity index (χ2v) is 7.54. The molecule has 128 valence electrons. The molecule has 1 aliphatic heterocycles. The number of nitrogens with zero attached hydrogens (tertiary/aromatic N) is 1. The van der Waals surface area contributed by atoms with E-state index in [0.29, 0.717) is 24.1 Å². The first-order valence-electron chi connectivity index (χ1n) is 7.72. The first kappa shape index (κ1) is 16.7. The molecule has 2 heterocycles. The average Bonchev–Trinajstić information content (AvgIpc) is 3.07. The molecule has 3 rings (SSSR count). The number of benzene rings is 1. The predicted octanol–water partition coefficient (Wildman–Crippen LogP) is 1.08. The van der Waals surface area contributed by atoms with Crippen molar-refractivity contribution in [2.24, 2.45) is 0 Å². The van der Waals surface area contributed by atoms with E-state index in [0.717, 1.165) is 12.8 Å². The van der Waals surface area contributed by atoms with Crippen molar-refractivity contribution in [1.29, 1.82) is 0 Å². The van der Waals surface area contributed by atoms with Crippen LogP contribution in [0.1, 0.15) is 19.8 Å². The lowest BCUT2D eigenvalue weighted by atomic mass is 10.2. The van der Waals surface area contributed by atoms with Crippen molar-refractivity contribution >= 4 is 26.9 Å². The Hall–Kier alpha value is -2.19. The Morgan fingerprint density at radius 3 is 2.62 bits per heavy atom. The SMILES string of the molecule is CC(NS(=O)(=O)c1ccc2oc(=O)ccc2c1)C(=O)N1CCCC1. The Kier molecular flexibility index (Phi) is 4.42. The normalized spacial score (nSPS) is 16.5. The summed E-state index contributed by atoms with van der Waals surface area (Å²) in [5.74, 6) is -0.220. The highest BCUT2D eigenvalue weighted by Crippen LogP contribution is 2.18. The van der Waals surface area contributed by atoms with Gasteiger partial charge in [-0.25, -0.2) is 13.2 Å². The lowest BCUT2D eigenvalue weighted by Crippen LogP contribution is -2.45. The molecule has 0 radical (unpaired) electrons. The zero-order valence-corrected chi connectivity index (χ0v) is 14.0. The largest absolute Gasteiger partial charge is 0.423 e. The number of likely N-dealkylation sites (tertiary alicyclic amines) is 1. The van der Waals surface area contributed by atoms with Crippen LogP contribution in [0, 0.1) is 0 Å². The van der Waals surface area contributed by atoms with Crippen LogP contribution in [0.5, 0.6) is 0 Å². The predicted molar refractivity (Wildman–Crippen MR) is 88.1 cm³/mol. The maximum absolute atomic E-state index is 12.5. The second-order valence-electron chi connectivity index (χ2n) is 5.83. The smallest absolute Gasteiger partial charge is 0.336 e. The molecule has 0 saturated carbocycles. The Balaban J connectivity index is 1.83. The molecule has 2 aromatic rings. The molecule has 0 bridgehead atoms. The van der Waals surface area contributed by atoms with E-state index in [9.17, 15) is 18.0 Å². The maximum Gasteiger partial charge on any atom is 0.336 e. The van der Waals surface area contributed by atoms with Gasteiger partial charge in [0.25, 0.3) is 0 Å². The summed E-state index contributed by atoms with van der Waals surface area (Å²) in [5.41, 5.74) is -0.191. The van der Waals surface area contributed by atoms with E-state index in [1.807, 2.05) is 0 Å². The van der Waals surface area contributed by atoms with E-state index in [1.54, 1.807) is 4.90 Å². The maximum atomic E-state index is 12.5. The van der Waals surface area contributed by atoms with Crippen molar-refractivity contribution in [3.8, 4) is 0 Å². The van der Waals surface area contributed by atoms with Crippen molar-refractivity contribution in [2.45, 2.75) is 30.7 Å². The van der Waals surface area contributed by atoms with Gasteiger partial charge in [0.2, 0.25) is 15.9 Å². The summed E-state index contributed by atoms with van der Waals surface area (Å²) < 4.78 is 32.4. The second kappa shape index (κ2) is 6.37. The molecule has 1 atom stereocenters. The highest BCUT2D eigenvalue weighted by atomic mass is 32.2. The van der Waals surface area contributed by atoms with Gasteiger partial charge in [0, 0.05) is 24.5 Å². The summed E-state index contributed by atoms with van der Waals surface area (Å²) >= 11 is 0. The highest BCUT2D eigenvalue weighted by molar-refractivity contribution is 7.89. The molecule has 1 aliphatic rings. The monoisotopic (exact) mass is 350 g/mol. The molecule has 1 unspecified atom stereocenters. The molecule has 0 spiro atoms. The third-order valence-electron chi connectivity index (χ3n) is 4.02. The Morgan fingerprint density at radius 1 is 1.21 bits per heavy atom. The highest BCUT2D eigenvalue weighted by Gasteiger charge is 2.27. The third kappa shape index (κ3) is 3.34. The summed E-state index contributed by atoms with van der Waals surface area (Å²) in [6.45, 7) is 2.87. The van der Waals surface area contributed by atoms with E-state index < -0.39 is 21.7 Å². The minimum absolute atomic E-state index is 0.0184. The summed E-state index contributed by atoms with van der Waals surface area (Å²) in [6.07, 6.45) is 1.89. The van der Waals surface area contributed by atoms with Crippen molar-refractivity contribution in [3.63, 3.8) is 0 Å². The van der Waals surface area contributed by atoms with Crippen LogP contribution in [0.25, 0.3) is 11.0 Å². The van der Waals surface area contributed by atoms with Crippen LogP contribution >= 0.6 is 0 Å². The Bertz CT molecular complexity index is 929. The molecular weight excluding hydrogens is 332 g/mol. The van der Waals surface area contributed by atoms with Crippen molar-refractivity contribution in [3.05, 3.63) is 40.8 Å². The fourth-order valence-corrected chi connectivity index (χ4v) is 4.01. The minimum atomic E-state index is -3.85. The number of hydrogen-bond donors (Lipinski definition) is 1. The van der Waals surface area contributed by atoms with Crippen molar-refractivity contribution in [1.82, 2.24) is 9.62 Å². The molecule has 1 amide bonds. The summed E-state index contributed by atoms with van der Waals surface area (Å²) in [5, 5.41) is 0.496. The number of carbonyl (C=O) groups is 1. The zero-order chi connectivity index (χ0) is 17.3. The topological polar surface area (TPSA) is 96.7 Å². The number of nitrogens with one attached hydrogen (secondary N) is 1. The molecule has 24 heavy (non-hydrogen) atoms. The molecule has 1 saturated heterocycles. The van der Waals surface area contributed by atoms with Crippen LogP contribution in [-0.4, -0.2) is 38.4 Å². The van der Waals surface area contributed by atoms with Crippen LogP contribution in [0.4, 0.5) is 0 Å². The summed E-state index contributed by atoms with van der Waals surface area (Å²) in [4.78, 5) is 25.1. The molecule has 8 heteroatoms. The lowest BCUT2D eigenvalue weighted by Gasteiger charge is -2.21. The lowest BCUT2D eigenvalue weighted by molar-refractivity contribution is -0.131. The van der Waals surface area contributed by atoms with E-state index in [2.05, 4.69) is 4.72 Å². The molecule has 0 aliphatic carbocycles. The van der Waals surface area contributed by atoms with Gasteiger partial charge in [-0.05, 0) is 44.0 Å². The van der Waals surface area contributed by atoms with Gasteiger partial charge in [0.15, 0.2) is 0 Å². The van der Waals surface area contributed by atoms with E-state index in [1.165, 1.54) is 37.3 Å². The van der Waals surface area contributed by atoms with Crippen LogP contribution in [0.15, 0.2) is 44.4 Å². The molecule has 1 N–H and O–H groups in total. The summed E-state index contributed by atoms with van der Waals surface area (Å²) in [6, 6.07) is 6.08. The van der Waals surface area contributed by atoms with E-state index in [-0.39, 0.29) is 10.8 Å². The van der Waals surface area contributed by atoms with Crippen molar-refractivity contribution in [2.75, 3.05) is 13.1 Å². The molecule has 1 aromatic heterocycles. The number of carbonyl (C=O) groups excluding carboxylic acids is 1. The van der Waals surface area contributed by atoms with E-state index >= 15 is 0 Å². The van der Waals surface area contributed by atoms with Crippen LogP contribution in [-0.2, 0) is 14.8 Å². The van der Waals surface area contributed by atoms with Gasteiger partial charge in [0.1, 0.15) is 5.58 Å². The quantitative estimate of drug-likeness (QED) is 0.833. The fraction of sp³-hybridized carbons (Fsp3) is 0.375. The standard InChI is InChI=1S/C16H18N2O5S/c1-11(16(20)18-8-2-3-9-18)17-24(21,22)13-5-6-14-12(10-13)4-7-15(19)23-14/h4-7,10-11,17H,2-3,8-9H2,1H3. The van der Waals surface area contributed by atoms with Gasteiger partial charge in [-0.15, -0.1) is 0 Å². The third-order valence-corrected chi connectivity index (χ3v) is 5.56. The average molecular weight is 350 g/mol. The fourth-order valence-electron chi connectivity index (χ4n) is 2.78. The number of rotatable bonds is 4.